The van der Waals surface area contributed by atoms with Crippen molar-refractivity contribution >= 4 is 15.8 Å². The third kappa shape index (κ3) is 5.58. The molecule has 2 rings (SSSR count). The number of carbonyl (C=O) groups is 1. The summed E-state index contributed by atoms with van der Waals surface area (Å²) in [6, 6.07) is 2.65. The fourth-order valence-corrected chi connectivity index (χ4v) is 3.39. The normalized spacial score (nSPS) is 13.3. The van der Waals surface area contributed by atoms with Crippen LogP contribution in [0, 0.1) is 0 Å². The van der Waals surface area contributed by atoms with E-state index in [2.05, 4.69) is 9.84 Å². The summed E-state index contributed by atoms with van der Waals surface area (Å²) < 4.78 is 145. The number of alkyl halides is 9. The number of ether oxygens (including phenoxy) is 1. The molecule has 0 saturated carbocycles. The summed E-state index contributed by atoms with van der Waals surface area (Å²) in [5, 5.41) is 11.5. The van der Waals surface area contributed by atoms with Gasteiger partial charge in [-0.15, -0.1) is 0 Å². The van der Waals surface area contributed by atoms with Gasteiger partial charge in [0, 0.05) is 0 Å². The minimum atomic E-state index is -5.82. The molecule has 184 valence electrons. The molecule has 0 amide bonds. The van der Waals surface area contributed by atoms with Gasteiger partial charge in [0.25, 0.3) is 9.84 Å². The minimum Gasteiger partial charge on any atom is -0.457 e. The predicted octanol–water partition coefficient (Wildman–Crippen LogP) is 3.56. The van der Waals surface area contributed by atoms with Gasteiger partial charge in [-0.05, 0) is 17.7 Å². The Morgan fingerprint density at radius 2 is 1.64 bits per heavy atom. The molecule has 0 atom stereocenters. The lowest BCUT2D eigenvalue weighted by Crippen LogP contribution is -2.23. The third-order valence-corrected chi connectivity index (χ3v) is 5.37. The van der Waals surface area contributed by atoms with Gasteiger partial charge in [-0.2, -0.15) is 44.6 Å². The number of sulfone groups is 1. The standard InChI is InChI=1S/C16H11F9N2O5S/c17-14(18,19)11-10(12(15(20,21)22)27(26-11)4-5-28)13(29)32-7-8-2-1-3-9(6-8)33(30,31)16(23,24)25/h1-3,6,28H,4-5,7H2. The highest BCUT2D eigenvalue weighted by Gasteiger charge is 2.49. The largest absolute Gasteiger partial charge is 0.501 e. The molecule has 0 spiro atoms. The van der Waals surface area contributed by atoms with E-state index >= 15 is 0 Å². The summed E-state index contributed by atoms with van der Waals surface area (Å²) in [6.45, 7) is -3.28. The Kier molecular flexibility index (Phi) is 7.09. The van der Waals surface area contributed by atoms with Crippen LogP contribution >= 0.6 is 0 Å². The highest BCUT2D eigenvalue weighted by atomic mass is 32.2. The molecule has 1 aromatic carbocycles. The highest BCUT2D eigenvalue weighted by molar-refractivity contribution is 7.92. The van der Waals surface area contributed by atoms with Crippen molar-refractivity contribution in [2.75, 3.05) is 6.61 Å². The first kappa shape index (κ1) is 26.4. The molecule has 0 aliphatic carbocycles. The molecule has 33 heavy (non-hydrogen) atoms. The lowest BCUT2D eigenvalue weighted by atomic mass is 10.1. The Balaban J connectivity index is 2.45. The zero-order valence-electron chi connectivity index (χ0n) is 15.7. The van der Waals surface area contributed by atoms with E-state index in [0.717, 1.165) is 12.1 Å². The van der Waals surface area contributed by atoms with E-state index in [-0.39, 0.29) is 4.68 Å². The third-order valence-electron chi connectivity index (χ3n) is 3.89. The van der Waals surface area contributed by atoms with Crippen LogP contribution in [0.25, 0.3) is 0 Å². The highest BCUT2D eigenvalue weighted by Crippen LogP contribution is 2.40. The van der Waals surface area contributed by atoms with Crippen LogP contribution in [-0.2, 0) is 40.1 Å². The first-order valence-electron chi connectivity index (χ1n) is 8.34. The van der Waals surface area contributed by atoms with Crippen LogP contribution in [0.5, 0.6) is 0 Å². The van der Waals surface area contributed by atoms with E-state index in [1.165, 1.54) is 0 Å². The Labute approximate surface area is 178 Å². The lowest BCUT2D eigenvalue weighted by Gasteiger charge is -2.13. The molecule has 0 fully saturated rings. The van der Waals surface area contributed by atoms with Crippen LogP contribution in [-0.4, -0.2) is 41.4 Å². The molecule has 0 unspecified atom stereocenters. The van der Waals surface area contributed by atoms with Crippen molar-refractivity contribution in [3.8, 4) is 0 Å². The lowest BCUT2D eigenvalue weighted by molar-refractivity contribution is -0.145. The SMILES string of the molecule is O=C(OCc1cccc(S(=O)(=O)C(F)(F)F)c1)c1c(C(F)(F)F)nn(CCO)c1C(F)(F)F. The maximum Gasteiger partial charge on any atom is 0.501 e. The molecule has 1 N–H and O–H groups in total. The number of rotatable bonds is 6. The van der Waals surface area contributed by atoms with Crippen LogP contribution in [0.15, 0.2) is 29.2 Å². The van der Waals surface area contributed by atoms with E-state index in [0.29, 0.717) is 12.1 Å². The van der Waals surface area contributed by atoms with E-state index < -0.39 is 80.8 Å². The summed E-state index contributed by atoms with van der Waals surface area (Å²) in [7, 11) is -5.82. The van der Waals surface area contributed by atoms with Gasteiger partial charge in [0.2, 0.25) is 0 Å². The summed E-state index contributed by atoms with van der Waals surface area (Å²) in [5.74, 6) is -2.18. The van der Waals surface area contributed by atoms with Gasteiger partial charge in [-0.3, -0.25) is 4.68 Å². The van der Waals surface area contributed by atoms with Crippen molar-refractivity contribution < 1.29 is 62.6 Å². The maximum atomic E-state index is 13.4. The number of esters is 1. The molecule has 7 nitrogen and oxygen atoms in total. The molecule has 0 saturated heterocycles. The molecule has 1 heterocycles. The smallest absolute Gasteiger partial charge is 0.457 e. The molecule has 0 aliphatic heterocycles. The number of hydrogen-bond donors (Lipinski definition) is 1. The van der Waals surface area contributed by atoms with Crippen LogP contribution in [0.2, 0.25) is 0 Å². The predicted molar refractivity (Wildman–Crippen MR) is 88.1 cm³/mol. The van der Waals surface area contributed by atoms with Crippen molar-refractivity contribution in [1.29, 1.82) is 0 Å². The Hall–Kier alpha value is -2.82. The van der Waals surface area contributed by atoms with Gasteiger partial charge in [-0.1, -0.05) is 12.1 Å². The summed E-state index contributed by atoms with van der Waals surface area (Å²) in [6.07, 6.45) is -11.1. The zero-order chi connectivity index (χ0) is 25.4. The second kappa shape index (κ2) is 8.85. The van der Waals surface area contributed by atoms with Gasteiger partial charge < -0.3 is 9.84 Å². The Bertz CT molecular complexity index is 1130. The number of hydrogen-bond acceptors (Lipinski definition) is 6. The number of aliphatic hydroxyl groups excluding tert-OH is 1. The quantitative estimate of drug-likeness (QED) is 0.468. The molecule has 0 bridgehead atoms. The number of halogens is 9. The molecule has 0 radical (unpaired) electrons. The fraction of sp³-hybridized carbons (Fsp3) is 0.375. The van der Waals surface area contributed by atoms with Gasteiger partial charge in [0.1, 0.15) is 12.2 Å². The summed E-state index contributed by atoms with van der Waals surface area (Å²) in [4.78, 5) is 10.9. The second-order valence-electron chi connectivity index (χ2n) is 6.19. The van der Waals surface area contributed by atoms with Crippen LogP contribution in [0.3, 0.4) is 0 Å². The average molecular weight is 514 g/mol. The molecule has 2 aromatic rings. The van der Waals surface area contributed by atoms with Crippen LogP contribution in [0.4, 0.5) is 39.5 Å². The molecule has 1 aromatic heterocycles. The molecule has 17 heteroatoms. The molecule has 0 aliphatic rings. The maximum absolute atomic E-state index is 13.4. The Morgan fingerprint density at radius 1 is 1.03 bits per heavy atom. The topological polar surface area (TPSA) is 98.5 Å². The van der Waals surface area contributed by atoms with E-state index in [1.54, 1.807) is 0 Å². The molecular formula is C16H11F9N2O5S. The Morgan fingerprint density at radius 3 is 2.12 bits per heavy atom. The van der Waals surface area contributed by atoms with Gasteiger partial charge in [0.15, 0.2) is 11.4 Å². The number of aliphatic hydroxyl groups is 1. The van der Waals surface area contributed by atoms with Crippen LogP contribution < -0.4 is 0 Å². The van der Waals surface area contributed by atoms with Gasteiger partial charge in [-0.25, -0.2) is 13.2 Å². The average Bonchev–Trinajstić information content (AvgIpc) is 3.06. The van der Waals surface area contributed by atoms with Gasteiger partial charge >= 0.3 is 23.8 Å². The molecular weight excluding hydrogens is 503 g/mol. The second-order valence-corrected chi connectivity index (χ2v) is 8.13. The fourth-order valence-electron chi connectivity index (χ4n) is 2.56. The number of nitrogens with zero attached hydrogens (tertiary/aromatic N) is 2. The van der Waals surface area contributed by atoms with Crippen molar-refractivity contribution in [2.45, 2.75) is 35.9 Å². The number of benzene rings is 1. The summed E-state index contributed by atoms with van der Waals surface area (Å²) in [5.41, 5.74) is -12.6. The first-order valence-corrected chi connectivity index (χ1v) is 9.83. The number of carbonyl (C=O) groups excluding carboxylic acids is 1. The first-order chi connectivity index (χ1) is 14.9. The van der Waals surface area contributed by atoms with E-state index in [1.807, 2.05) is 0 Å². The van der Waals surface area contributed by atoms with Crippen LogP contribution in [0.1, 0.15) is 27.3 Å². The van der Waals surface area contributed by atoms with Crippen molar-refractivity contribution in [3.05, 3.63) is 46.8 Å². The van der Waals surface area contributed by atoms with E-state index in [9.17, 15) is 52.7 Å². The van der Waals surface area contributed by atoms with Gasteiger partial charge in [0.05, 0.1) is 18.0 Å². The summed E-state index contributed by atoms with van der Waals surface area (Å²) >= 11 is 0. The minimum absolute atomic E-state index is 0.282. The van der Waals surface area contributed by atoms with Crippen molar-refractivity contribution in [3.63, 3.8) is 0 Å². The zero-order valence-corrected chi connectivity index (χ0v) is 16.5. The van der Waals surface area contributed by atoms with E-state index in [4.69, 9.17) is 5.11 Å². The van der Waals surface area contributed by atoms with Crippen molar-refractivity contribution in [1.82, 2.24) is 9.78 Å². The monoisotopic (exact) mass is 514 g/mol. The van der Waals surface area contributed by atoms with Crippen molar-refractivity contribution in [2.24, 2.45) is 0 Å². The number of aromatic nitrogens is 2.